The molecule has 1 aromatic carbocycles. The van der Waals surface area contributed by atoms with E-state index in [1.807, 2.05) is 27.7 Å². The molecule has 25 heavy (non-hydrogen) atoms. The third-order valence-electron chi connectivity index (χ3n) is 4.40. The fourth-order valence-corrected chi connectivity index (χ4v) is 3.58. The Hall–Kier alpha value is -1.26. The van der Waals surface area contributed by atoms with E-state index in [4.69, 9.17) is 27.9 Å². The number of carbonyl (C=O) groups is 2. The van der Waals surface area contributed by atoms with E-state index in [-0.39, 0.29) is 11.9 Å². The van der Waals surface area contributed by atoms with Crippen molar-refractivity contribution in [3.05, 3.63) is 33.8 Å². The first-order chi connectivity index (χ1) is 11.6. The van der Waals surface area contributed by atoms with Crippen molar-refractivity contribution in [2.75, 3.05) is 13.1 Å². The van der Waals surface area contributed by atoms with Crippen molar-refractivity contribution < 1.29 is 14.3 Å². The number of nitrogens with zero attached hydrogens (tertiary/aromatic N) is 1. The zero-order valence-electron chi connectivity index (χ0n) is 15.2. The molecular weight excluding hydrogens is 361 g/mol. The van der Waals surface area contributed by atoms with Crippen molar-refractivity contribution in [3.63, 3.8) is 0 Å². The Morgan fingerprint density at radius 2 is 1.92 bits per heavy atom. The van der Waals surface area contributed by atoms with Gasteiger partial charge in [-0.05, 0) is 51.8 Å². The molecule has 0 radical (unpaired) electrons. The van der Waals surface area contributed by atoms with E-state index in [1.165, 1.54) is 0 Å². The van der Waals surface area contributed by atoms with Gasteiger partial charge in [0.05, 0.1) is 15.5 Å². The molecule has 1 aromatic rings. The van der Waals surface area contributed by atoms with Gasteiger partial charge < -0.3 is 9.64 Å². The van der Waals surface area contributed by atoms with Crippen molar-refractivity contribution in [2.24, 2.45) is 5.41 Å². The molecular formula is C19H25Cl2NO3. The summed E-state index contributed by atoms with van der Waals surface area (Å²) in [7, 11) is 0. The Labute approximate surface area is 159 Å². The molecule has 0 spiro atoms. The van der Waals surface area contributed by atoms with Gasteiger partial charge in [-0.1, -0.05) is 36.5 Å². The zero-order valence-corrected chi connectivity index (χ0v) is 16.7. The monoisotopic (exact) mass is 385 g/mol. The van der Waals surface area contributed by atoms with Crippen LogP contribution in [0.5, 0.6) is 0 Å². The summed E-state index contributed by atoms with van der Waals surface area (Å²) in [6, 6.07) is 4.95. The van der Waals surface area contributed by atoms with Crippen LogP contribution in [-0.2, 0) is 4.74 Å². The summed E-state index contributed by atoms with van der Waals surface area (Å²) >= 11 is 12.0. The van der Waals surface area contributed by atoms with Gasteiger partial charge in [-0.15, -0.1) is 0 Å². The van der Waals surface area contributed by atoms with Crippen molar-refractivity contribution in [2.45, 2.75) is 52.6 Å². The van der Waals surface area contributed by atoms with Gasteiger partial charge >= 0.3 is 6.09 Å². The Kier molecular flexibility index (Phi) is 6.05. The molecule has 0 saturated carbocycles. The normalized spacial score (nSPS) is 20.6. The summed E-state index contributed by atoms with van der Waals surface area (Å²) in [4.78, 5) is 27.2. The van der Waals surface area contributed by atoms with Gasteiger partial charge in [0, 0.05) is 18.7 Å². The highest BCUT2D eigenvalue weighted by Crippen LogP contribution is 2.39. The van der Waals surface area contributed by atoms with Gasteiger partial charge in [-0.25, -0.2) is 4.79 Å². The topological polar surface area (TPSA) is 46.6 Å². The van der Waals surface area contributed by atoms with Gasteiger partial charge in [0.25, 0.3) is 0 Å². The number of likely N-dealkylation sites (tertiary alicyclic amines) is 1. The zero-order chi connectivity index (χ0) is 18.8. The maximum Gasteiger partial charge on any atom is 0.410 e. The summed E-state index contributed by atoms with van der Waals surface area (Å²) in [6.07, 6.45) is 1.83. The highest BCUT2D eigenvalue weighted by molar-refractivity contribution is 6.42. The Morgan fingerprint density at radius 3 is 2.48 bits per heavy atom. The number of halogens is 2. The fourth-order valence-electron chi connectivity index (χ4n) is 3.28. The van der Waals surface area contributed by atoms with Crippen molar-refractivity contribution >= 4 is 35.1 Å². The third kappa shape index (κ3) is 4.68. The number of amides is 1. The van der Waals surface area contributed by atoms with Gasteiger partial charge in [0.15, 0.2) is 5.78 Å². The molecule has 0 aromatic heterocycles. The van der Waals surface area contributed by atoms with Crippen LogP contribution in [0.4, 0.5) is 4.79 Å². The van der Waals surface area contributed by atoms with Gasteiger partial charge in [-0.3, -0.25) is 4.79 Å². The smallest absolute Gasteiger partial charge is 0.410 e. The molecule has 0 unspecified atom stereocenters. The maximum absolute atomic E-state index is 13.2. The van der Waals surface area contributed by atoms with Crippen LogP contribution in [0.2, 0.25) is 10.0 Å². The molecule has 1 atom stereocenters. The Bertz CT molecular complexity index is 669. The lowest BCUT2D eigenvalue weighted by molar-refractivity contribution is 0.0272. The average Bonchev–Trinajstić information content (AvgIpc) is 2.94. The van der Waals surface area contributed by atoms with Crippen molar-refractivity contribution in [3.8, 4) is 0 Å². The van der Waals surface area contributed by atoms with Crippen LogP contribution in [0.25, 0.3) is 0 Å². The molecule has 1 saturated heterocycles. The predicted molar refractivity (Wildman–Crippen MR) is 101 cm³/mol. The van der Waals surface area contributed by atoms with Crippen LogP contribution >= 0.6 is 23.2 Å². The van der Waals surface area contributed by atoms with Crippen molar-refractivity contribution in [1.82, 2.24) is 4.90 Å². The predicted octanol–water partition coefficient (Wildman–Crippen LogP) is 5.60. The molecule has 1 amide bonds. The Balaban J connectivity index is 2.23. The minimum Gasteiger partial charge on any atom is -0.444 e. The maximum atomic E-state index is 13.2. The van der Waals surface area contributed by atoms with E-state index in [0.29, 0.717) is 41.5 Å². The molecule has 1 heterocycles. The van der Waals surface area contributed by atoms with Crippen LogP contribution in [0.1, 0.15) is 57.3 Å². The summed E-state index contributed by atoms with van der Waals surface area (Å²) in [5, 5.41) is 0.783. The largest absolute Gasteiger partial charge is 0.444 e. The lowest BCUT2D eigenvalue weighted by Gasteiger charge is -2.29. The van der Waals surface area contributed by atoms with Crippen LogP contribution < -0.4 is 0 Å². The second-order valence-electron chi connectivity index (χ2n) is 7.64. The second kappa shape index (κ2) is 7.55. The summed E-state index contributed by atoms with van der Waals surface area (Å²) < 4.78 is 5.45. The third-order valence-corrected chi connectivity index (χ3v) is 5.14. The second-order valence-corrected chi connectivity index (χ2v) is 8.45. The van der Waals surface area contributed by atoms with E-state index in [9.17, 15) is 9.59 Å². The van der Waals surface area contributed by atoms with E-state index >= 15 is 0 Å². The molecule has 6 heteroatoms. The number of benzene rings is 1. The number of ether oxygens (including phenoxy) is 1. The van der Waals surface area contributed by atoms with E-state index in [1.54, 1.807) is 23.1 Å². The molecule has 0 bridgehead atoms. The number of hydrogen-bond donors (Lipinski definition) is 0. The number of carbonyl (C=O) groups excluding carboxylic acids is 2. The molecule has 4 nitrogen and oxygen atoms in total. The Morgan fingerprint density at radius 1 is 1.24 bits per heavy atom. The highest BCUT2D eigenvalue weighted by Gasteiger charge is 2.46. The standard InChI is InChI=1S/C19H25Cl2NO3/c1-5-8-19(16(23)13-6-7-14(20)15(21)11-13)9-10-22(12-19)17(24)25-18(2,3)4/h6-7,11H,5,8-10,12H2,1-4H3/t19-/m0/s1. The van der Waals surface area contributed by atoms with Crippen LogP contribution in [0.15, 0.2) is 18.2 Å². The number of ketones is 1. The molecule has 0 aliphatic carbocycles. The lowest BCUT2D eigenvalue weighted by atomic mass is 9.76. The van der Waals surface area contributed by atoms with Crippen molar-refractivity contribution in [1.29, 1.82) is 0 Å². The molecule has 138 valence electrons. The van der Waals surface area contributed by atoms with Crippen LogP contribution in [-0.4, -0.2) is 35.5 Å². The first-order valence-corrected chi connectivity index (χ1v) is 9.31. The minimum atomic E-state index is -0.594. The van der Waals surface area contributed by atoms with Crippen LogP contribution in [0, 0.1) is 5.41 Å². The lowest BCUT2D eigenvalue weighted by Crippen LogP contribution is -2.39. The SMILES string of the molecule is CCC[C@]1(C(=O)c2ccc(Cl)c(Cl)c2)CCN(C(=O)OC(C)(C)C)C1. The first kappa shape index (κ1) is 20.1. The molecule has 1 aliphatic heterocycles. The number of Topliss-reactive ketones (excluding diaryl/α,β-unsaturated/α-hetero) is 1. The fraction of sp³-hybridized carbons (Fsp3) is 0.579. The minimum absolute atomic E-state index is 0.0129. The molecule has 1 fully saturated rings. The quantitative estimate of drug-likeness (QED) is 0.633. The first-order valence-electron chi connectivity index (χ1n) is 8.56. The molecule has 2 rings (SSSR count). The number of rotatable bonds is 4. The highest BCUT2D eigenvalue weighted by atomic mass is 35.5. The van der Waals surface area contributed by atoms with Gasteiger partial charge in [0.2, 0.25) is 0 Å². The van der Waals surface area contributed by atoms with E-state index in [2.05, 4.69) is 0 Å². The molecule has 0 N–H and O–H groups in total. The molecule has 1 aliphatic rings. The van der Waals surface area contributed by atoms with E-state index < -0.39 is 11.0 Å². The summed E-state index contributed by atoms with van der Waals surface area (Å²) in [6.45, 7) is 8.43. The number of hydrogen-bond acceptors (Lipinski definition) is 3. The average molecular weight is 386 g/mol. The van der Waals surface area contributed by atoms with Gasteiger partial charge in [-0.2, -0.15) is 0 Å². The van der Waals surface area contributed by atoms with Gasteiger partial charge in [0.1, 0.15) is 5.60 Å². The summed E-state index contributed by atoms with van der Waals surface area (Å²) in [5.41, 5.74) is -0.613. The van der Waals surface area contributed by atoms with E-state index in [0.717, 1.165) is 6.42 Å². The van der Waals surface area contributed by atoms with Crippen LogP contribution in [0.3, 0.4) is 0 Å². The summed E-state index contributed by atoms with van der Waals surface area (Å²) in [5.74, 6) is 0.0129.